The van der Waals surface area contributed by atoms with Gasteiger partial charge in [0, 0.05) is 10.0 Å². The first kappa shape index (κ1) is 13.1. The molecule has 0 saturated heterocycles. The lowest BCUT2D eigenvalue weighted by Gasteiger charge is -2.07. The summed E-state index contributed by atoms with van der Waals surface area (Å²) in [5, 5.41) is 24.1. The number of phenols is 1. The molecule has 0 aromatic heterocycles. The van der Waals surface area contributed by atoms with Gasteiger partial charge in [-0.15, -0.1) is 9.95 Å². The predicted octanol–water partition coefficient (Wildman–Crippen LogP) is 0.281. The van der Waals surface area contributed by atoms with Crippen LogP contribution in [0, 0.1) is 5.21 Å². The van der Waals surface area contributed by atoms with Gasteiger partial charge in [0.1, 0.15) is 0 Å². The summed E-state index contributed by atoms with van der Waals surface area (Å²) in [5.74, 6) is -0.380. The summed E-state index contributed by atoms with van der Waals surface area (Å²) in [5.41, 5.74) is 10.3. The van der Waals surface area contributed by atoms with E-state index < -0.39 is 5.96 Å². The standard InChI is InChI=1S/C9H11BrN4O3/c1-17-7-3-6(10)2-5(8(7)15)4-13-14(16)9(11)12/h2-4,15H,11-12H2,1H3. The quantitative estimate of drug-likeness (QED) is 0.243. The van der Waals surface area contributed by atoms with Crippen molar-refractivity contribution in [3.63, 3.8) is 0 Å². The molecule has 0 heterocycles. The van der Waals surface area contributed by atoms with Crippen molar-refractivity contribution < 1.29 is 14.7 Å². The fraction of sp³-hybridized carbons (Fsp3) is 0.111. The van der Waals surface area contributed by atoms with Crippen molar-refractivity contribution in [1.29, 1.82) is 0 Å². The van der Waals surface area contributed by atoms with Crippen LogP contribution in [0.15, 0.2) is 21.7 Å². The van der Waals surface area contributed by atoms with Crippen LogP contribution in [0.4, 0.5) is 0 Å². The molecule has 92 valence electrons. The van der Waals surface area contributed by atoms with E-state index >= 15 is 0 Å². The highest BCUT2D eigenvalue weighted by Crippen LogP contribution is 2.32. The van der Waals surface area contributed by atoms with E-state index in [1.807, 2.05) is 0 Å². The van der Waals surface area contributed by atoms with Crippen molar-refractivity contribution in [1.82, 2.24) is 0 Å². The first-order valence-corrected chi connectivity index (χ1v) is 5.20. The molecule has 0 atom stereocenters. The van der Waals surface area contributed by atoms with Gasteiger partial charge in [0.05, 0.1) is 13.3 Å². The van der Waals surface area contributed by atoms with E-state index in [1.165, 1.54) is 7.11 Å². The van der Waals surface area contributed by atoms with Gasteiger partial charge in [-0.3, -0.25) is 11.5 Å². The van der Waals surface area contributed by atoms with E-state index in [0.717, 1.165) is 6.21 Å². The summed E-state index contributed by atoms with van der Waals surface area (Å²) < 4.78 is 5.60. The summed E-state index contributed by atoms with van der Waals surface area (Å²) in [6.07, 6.45) is 1.12. The molecule has 1 rings (SSSR count). The summed E-state index contributed by atoms with van der Waals surface area (Å²) in [6, 6.07) is 3.13. The monoisotopic (exact) mass is 302 g/mol. The topological polar surface area (TPSA) is 120 Å². The molecular weight excluding hydrogens is 292 g/mol. The molecule has 0 aliphatic carbocycles. The fourth-order valence-corrected chi connectivity index (χ4v) is 1.48. The molecule has 0 unspecified atom stereocenters. The maximum atomic E-state index is 11.0. The number of hydrogen-bond donors (Lipinski definition) is 3. The molecule has 0 aliphatic heterocycles. The number of rotatable bonds is 3. The molecule has 0 fully saturated rings. The SMILES string of the molecule is COc1cc(Br)cc(C=N[N+]([O-])=C(N)N)c1O. The van der Waals surface area contributed by atoms with Crippen LogP contribution >= 0.6 is 15.9 Å². The molecule has 0 radical (unpaired) electrons. The summed E-state index contributed by atoms with van der Waals surface area (Å²) in [7, 11) is 1.41. The van der Waals surface area contributed by atoms with Crippen LogP contribution in [0.5, 0.6) is 11.5 Å². The molecule has 7 nitrogen and oxygen atoms in total. The van der Waals surface area contributed by atoms with E-state index in [2.05, 4.69) is 21.0 Å². The number of guanidine groups is 1. The highest BCUT2D eigenvalue weighted by Gasteiger charge is 2.08. The van der Waals surface area contributed by atoms with Crippen molar-refractivity contribution in [2.24, 2.45) is 16.6 Å². The minimum absolute atomic E-state index is 0.0345. The van der Waals surface area contributed by atoms with E-state index in [9.17, 15) is 10.3 Å². The molecule has 0 saturated carbocycles. The van der Waals surface area contributed by atoms with Gasteiger partial charge in [-0.2, -0.15) is 0 Å². The van der Waals surface area contributed by atoms with Crippen LogP contribution in [-0.4, -0.2) is 29.2 Å². The number of phenolic OH excluding ortho intramolecular Hbond substituents is 1. The Morgan fingerprint density at radius 2 is 2.24 bits per heavy atom. The molecule has 0 bridgehead atoms. The van der Waals surface area contributed by atoms with Crippen LogP contribution in [0.2, 0.25) is 0 Å². The molecule has 1 aromatic rings. The number of nitrogens with zero attached hydrogens (tertiary/aromatic N) is 2. The zero-order valence-electron chi connectivity index (χ0n) is 8.92. The first-order valence-electron chi connectivity index (χ1n) is 4.41. The minimum atomic E-state index is -0.497. The Kier molecular flexibility index (Phi) is 4.16. The lowest BCUT2D eigenvalue weighted by atomic mass is 10.2. The van der Waals surface area contributed by atoms with Gasteiger partial charge in [0.15, 0.2) is 11.5 Å². The van der Waals surface area contributed by atoms with E-state index in [0.29, 0.717) is 10.0 Å². The minimum Gasteiger partial charge on any atom is -0.722 e. The van der Waals surface area contributed by atoms with Gasteiger partial charge in [-0.05, 0) is 12.1 Å². The Labute approximate surface area is 106 Å². The normalized spacial score (nSPS) is 10.5. The average Bonchev–Trinajstić information content (AvgIpc) is 2.29. The van der Waals surface area contributed by atoms with Crippen LogP contribution in [0.3, 0.4) is 0 Å². The second-order valence-electron chi connectivity index (χ2n) is 2.99. The number of benzene rings is 1. The fourth-order valence-electron chi connectivity index (χ4n) is 1.03. The molecule has 0 aliphatic rings. The lowest BCUT2D eigenvalue weighted by Crippen LogP contribution is -2.30. The summed E-state index contributed by atoms with van der Waals surface area (Å²) >= 11 is 3.22. The number of hydrazone groups is 1. The largest absolute Gasteiger partial charge is 0.722 e. The van der Waals surface area contributed by atoms with Crippen molar-refractivity contribution in [3.05, 3.63) is 27.4 Å². The molecule has 5 N–H and O–H groups in total. The molecule has 1 aromatic carbocycles. The third-order valence-corrected chi connectivity index (χ3v) is 2.27. The average molecular weight is 303 g/mol. The number of halogens is 1. The number of methoxy groups -OCH3 is 1. The molecule has 0 spiro atoms. The van der Waals surface area contributed by atoms with Gasteiger partial charge in [0.2, 0.25) is 0 Å². The van der Waals surface area contributed by atoms with Crippen LogP contribution in [-0.2, 0) is 0 Å². The summed E-state index contributed by atoms with van der Waals surface area (Å²) in [4.78, 5) is 0.0345. The van der Waals surface area contributed by atoms with Crippen molar-refractivity contribution in [2.45, 2.75) is 0 Å². The third-order valence-electron chi connectivity index (χ3n) is 1.81. The zero-order chi connectivity index (χ0) is 13.0. The van der Waals surface area contributed by atoms with Gasteiger partial charge in [-0.25, -0.2) is 0 Å². The van der Waals surface area contributed by atoms with Gasteiger partial charge in [-0.1, -0.05) is 15.9 Å². The van der Waals surface area contributed by atoms with Gasteiger partial charge < -0.3 is 15.1 Å². The van der Waals surface area contributed by atoms with Crippen molar-refractivity contribution >= 4 is 28.1 Å². The van der Waals surface area contributed by atoms with Crippen molar-refractivity contribution in [3.8, 4) is 11.5 Å². The second kappa shape index (κ2) is 5.39. The Morgan fingerprint density at radius 1 is 1.59 bits per heavy atom. The van der Waals surface area contributed by atoms with E-state index in [1.54, 1.807) is 12.1 Å². The Bertz CT molecular complexity index is 483. The van der Waals surface area contributed by atoms with Crippen molar-refractivity contribution in [2.75, 3.05) is 7.11 Å². The highest BCUT2D eigenvalue weighted by atomic mass is 79.9. The number of hydrogen-bond acceptors (Lipinski definition) is 4. The summed E-state index contributed by atoms with van der Waals surface area (Å²) in [6.45, 7) is 0. The molecule has 17 heavy (non-hydrogen) atoms. The highest BCUT2D eigenvalue weighted by molar-refractivity contribution is 9.10. The van der Waals surface area contributed by atoms with Gasteiger partial charge >= 0.3 is 5.96 Å². The second-order valence-corrected chi connectivity index (χ2v) is 3.90. The number of aromatic hydroxyl groups is 1. The Balaban J connectivity index is 3.15. The molecule has 8 heteroatoms. The Morgan fingerprint density at radius 3 is 2.76 bits per heavy atom. The van der Waals surface area contributed by atoms with E-state index in [-0.39, 0.29) is 16.3 Å². The number of ether oxygens (including phenoxy) is 1. The zero-order valence-corrected chi connectivity index (χ0v) is 10.5. The van der Waals surface area contributed by atoms with Crippen LogP contribution in [0.25, 0.3) is 0 Å². The maximum absolute atomic E-state index is 11.0. The smallest absolute Gasteiger partial charge is 0.366 e. The van der Waals surface area contributed by atoms with E-state index in [4.69, 9.17) is 16.2 Å². The van der Waals surface area contributed by atoms with Crippen LogP contribution < -0.4 is 16.2 Å². The lowest BCUT2D eigenvalue weighted by molar-refractivity contribution is -0.463. The molecular formula is C9H11BrN4O3. The maximum Gasteiger partial charge on any atom is 0.366 e. The van der Waals surface area contributed by atoms with Crippen LogP contribution in [0.1, 0.15) is 5.56 Å². The van der Waals surface area contributed by atoms with Gasteiger partial charge in [0.25, 0.3) is 0 Å². The predicted molar refractivity (Wildman–Crippen MR) is 67.0 cm³/mol. The molecule has 0 amide bonds. The number of nitrogens with two attached hydrogens (primary N) is 2. The third kappa shape index (κ3) is 3.25. The first-order chi connectivity index (χ1) is 7.95. The Hall–Kier alpha value is -1.96.